The van der Waals surface area contributed by atoms with Crippen molar-refractivity contribution >= 4 is 35.8 Å². The van der Waals surface area contributed by atoms with Gasteiger partial charge in [0, 0.05) is 33.7 Å². The van der Waals surface area contributed by atoms with Crippen molar-refractivity contribution in [2.75, 3.05) is 40.3 Å². The quantitative estimate of drug-likeness (QED) is 0.320. The van der Waals surface area contributed by atoms with Gasteiger partial charge in [0.05, 0.1) is 0 Å². The first-order valence-electron chi connectivity index (χ1n) is 8.30. The zero-order chi connectivity index (χ0) is 15.3. The number of nitrogens with zero attached hydrogens (tertiary/aromatic N) is 3. The van der Waals surface area contributed by atoms with E-state index in [0.717, 1.165) is 32.0 Å². The molecule has 128 valence electrons. The Hall–Kier alpha value is -0.530. The first-order chi connectivity index (χ1) is 10.1. The van der Waals surface area contributed by atoms with E-state index in [4.69, 9.17) is 0 Å². The molecule has 1 amide bonds. The van der Waals surface area contributed by atoms with Crippen LogP contribution in [0.3, 0.4) is 0 Å². The smallest absolute Gasteiger partial charge is 0.243 e. The Bertz CT molecular complexity index is 394. The first kappa shape index (κ1) is 19.5. The zero-order valence-electron chi connectivity index (χ0n) is 14.2. The lowest BCUT2D eigenvalue weighted by Crippen LogP contribution is -2.43. The molecule has 0 bridgehead atoms. The molecule has 1 aliphatic carbocycles. The van der Waals surface area contributed by atoms with Crippen molar-refractivity contribution in [2.24, 2.45) is 10.4 Å². The molecule has 0 radical (unpaired) electrons. The molecule has 1 aliphatic heterocycles. The third-order valence-corrected chi connectivity index (χ3v) is 4.83. The zero-order valence-corrected chi connectivity index (χ0v) is 16.6. The summed E-state index contributed by atoms with van der Waals surface area (Å²) in [6.45, 7) is 5.56. The number of hydrogen-bond donors (Lipinski definition) is 1. The molecule has 2 rings (SSSR count). The number of nitrogens with one attached hydrogen (secondary N) is 1. The molecule has 22 heavy (non-hydrogen) atoms. The number of likely N-dealkylation sites (N-methyl/N-ethyl adjacent to an activating group) is 1. The predicted molar refractivity (Wildman–Crippen MR) is 102 cm³/mol. The van der Waals surface area contributed by atoms with Crippen LogP contribution in [0.5, 0.6) is 0 Å². The molecular weight excluding hydrogens is 391 g/mol. The Morgan fingerprint density at radius 1 is 1.32 bits per heavy atom. The highest BCUT2D eigenvalue weighted by Gasteiger charge is 2.43. The van der Waals surface area contributed by atoms with Crippen molar-refractivity contribution in [3.63, 3.8) is 0 Å². The second kappa shape index (κ2) is 8.93. The van der Waals surface area contributed by atoms with Crippen LogP contribution in [0, 0.1) is 5.41 Å². The van der Waals surface area contributed by atoms with E-state index in [1.807, 2.05) is 0 Å². The Labute approximate surface area is 151 Å². The highest BCUT2D eigenvalue weighted by atomic mass is 127. The summed E-state index contributed by atoms with van der Waals surface area (Å²) in [5.74, 6) is 0.991. The number of guanidine groups is 1. The molecule has 0 unspecified atom stereocenters. The van der Waals surface area contributed by atoms with Crippen molar-refractivity contribution in [3.05, 3.63) is 0 Å². The molecule has 1 saturated heterocycles. The third-order valence-electron chi connectivity index (χ3n) is 4.83. The van der Waals surface area contributed by atoms with Gasteiger partial charge in [-0.15, -0.1) is 24.0 Å². The molecule has 0 aromatic carbocycles. The molecule has 0 atom stereocenters. The molecule has 1 heterocycles. The number of aliphatic imine (C=N–C) groups is 1. The fraction of sp³-hybridized carbons (Fsp3) is 0.875. The van der Waals surface area contributed by atoms with Crippen LogP contribution in [0.25, 0.3) is 0 Å². The van der Waals surface area contributed by atoms with Crippen LogP contribution in [-0.4, -0.2) is 61.9 Å². The van der Waals surface area contributed by atoms with E-state index < -0.39 is 0 Å². The summed E-state index contributed by atoms with van der Waals surface area (Å²) in [6.07, 6.45) is 7.69. The molecule has 2 fully saturated rings. The van der Waals surface area contributed by atoms with Crippen LogP contribution in [0.2, 0.25) is 0 Å². The van der Waals surface area contributed by atoms with Crippen molar-refractivity contribution in [1.29, 1.82) is 0 Å². The van der Waals surface area contributed by atoms with Crippen LogP contribution in [0.4, 0.5) is 0 Å². The minimum atomic E-state index is 0. The van der Waals surface area contributed by atoms with Crippen LogP contribution >= 0.6 is 24.0 Å². The van der Waals surface area contributed by atoms with Gasteiger partial charge >= 0.3 is 0 Å². The van der Waals surface area contributed by atoms with Gasteiger partial charge in [-0.3, -0.25) is 4.79 Å². The summed E-state index contributed by atoms with van der Waals surface area (Å²) in [6, 6.07) is 0. The summed E-state index contributed by atoms with van der Waals surface area (Å²) in [4.78, 5) is 20.3. The number of carbonyl (C=O) groups is 1. The number of carbonyl (C=O) groups excluding carboxylic acids is 1. The van der Waals surface area contributed by atoms with E-state index >= 15 is 0 Å². The van der Waals surface area contributed by atoms with Gasteiger partial charge in [0.15, 0.2) is 5.96 Å². The summed E-state index contributed by atoms with van der Waals surface area (Å²) in [5, 5.41) is 3.45. The van der Waals surface area contributed by atoms with Crippen molar-refractivity contribution in [1.82, 2.24) is 15.1 Å². The molecule has 6 heteroatoms. The van der Waals surface area contributed by atoms with Gasteiger partial charge in [0.25, 0.3) is 0 Å². The minimum Gasteiger partial charge on any atom is -0.356 e. The van der Waals surface area contributed by atoms with Crippen LogP contribution in [0.15, 0.2) is 4.99 Å². The van der Waals surface area contributed by atoms with Crippen molar-refractivity contribution in [3.8, 4) is 0 Å². The molecular formula is C16H31IN4O. The Kier molecular flexibility index (Phi) is 7.93. The lowest BCUT2D eigenvalue weighted by atomic mass is 9.68. The fourth-order valence-corrected chi connectivity index (χ4v) is 3.13. The highest BCUT2D eigenvalue weighted by molar-refractivity contribution is 14.0. The standard InChI is InChI=1S/C16H30N4O.HI/c1-4-5-10-17-15(18-12-14(21)19(2)3)20-11-9-16(13-20)7-6-8-16;/h4-13H2,1-3H3,(H,17,18);1H. The van der Waals surface area contributed by atoms with Gasteiger partial charge in [-0.1, -0.05) is 19.8 Å². The van der Waals surface area contributed by atoms with E-state index in [1.54, 1.807) is 19.0 Å². The summed E-state index contributed by atoms with van der Waals surface area (Å²) in [7, 11) is 3.56. The van der Waals surface area contributed by atoms with E-state index in [2.05, 4.69) is 22.1 Å². The van der Waals surface area contributed by atoms with E-state index in [1.165, 1.54) is 32.1 Å². The van der Waals surface area contributed by atoms with Gasteiger partial charge < -0.3 is 15.1 Å². The van der Waals surface area contributed by atoms with E-state index in [9.17, 15) is 4.79 Å². The molecule has 1 N–H and O–H groups in total. The first-order valence-corrected chi connectivity index (χ1v) is 8.30. The van der Waals surface area contributed by atoms with Crippen LogP contribution < -0.4 is 5.32 Å². The number of amides is 1. The monoisotopic (exact) mass is 422 g/mol. The SMILES string of the molecule is CCCCNC(=NCC(=O)N(C)C)N1CCC2(CCC2)C1.I. The van der Waals surface area contributed by atoms with Crippen molar-refractivity contribution in [2.45, 2.75) is 45.4 Å². The molecule has 1 saturated carbocycles. The Morgan fingerprint density at radius 3 is 2.55 bits per heavy atom. The minimum absolute atomic E-state index is 0. The Balaban J connectivity index is 0.00000242. The molecule has 1 spiro atoms. The topological polar surface area (TPSA) is 47.9 Å². The van der Waals surface area contributed by atoms with E-state index in [0.29, 0.717) is 5.41 Å². The van der Waals surface area contributed by atoms with Gasteiger partial charge in [-0.2, -0.15) is 0 Å². The van der Waals surface area contributed by atoms with Gasteiger partial charge in [-0.25, -0.2) is 4.99 Å². The summed E-state index contributed by atoms with van der Waals surface area (Å²) < 4.78 is 0. The van der Waals surface area contributed by atoms with E-state index in [-0.39, 0.29) is 36.4 Å². The normalized spacial score (nSPS) is 19.6. The average Bonchev–Trinajstić information content (AvgIpc) is 2.87. The molecule has 5 nitrogen and oxygen atoms in total. The fourth-order valence-electron chi connectivity index (χ4n) is 3.13. The Morgan fingerprint density at radius 2 is 2.05 bits per heavy atom. The second-order valence-corrected chi connectivity index (χ2v) is 6.73. The maximum absolute atomic E-state index is 11.8. The third kappa shape index (κ3) is 4.99. The lowest BCUT2D eigenvalue weighted by Gasteiger charge is -2.38. The predicted octanol–water partition coefficient (Wildman–Crippen LogP) is 2.31. The van der Waals surface area contributed by atoms with Crippen LogP contribution in [0.1, 0.15) is 45.4 Å². The summed E-state index contributed by atoms with van der Waals surface area (Å²) >= 11 is 0. The second-order valence-electron chi connectivity index (χ2n) is 6.73. The molecule has 0 aromatic heterocycles. The number of likely N-dealkylation sites (tertiary alicyclic amines) is 1. The summed E-state index contributed by atoms with van der Waals surface area (Å²) in [5.41, 5.74) is 0.554. The lowest BCUT2D eigenvalue weighted by molar-refractivity contribution is -0.127. The number of halogens is 1. The maximum Gasteiger partial charge on any atom is 0.243 e. The van der Waals surface area contributed by atoms with Gasteiger partial charge in [0.1, 0.15) is 6.54 Å². The van der Waals surface area contributed by atoms with Crippen molar-refractivity contribution < 1.29 is 4.79 Å². The molecule has 2 aliphatic rings. The average molecular weight is 422 g/mol. The van der Waals surface area contributed by atoms with Gasteiger partial charge in [0.2, 0.25) is 5.91 Å². The number of rotatable bonds is 5. The number of unbranched alkanes of at least 4 members (excludes halogenated alkanes) is 1. The highest BCUT2D eigenvalue weighted by Crippen LogP contribution is 2.47. The number of hydrogen-bond acceptors (Lipinski definition) is 2. The maximum atomic E-state index is 11.8. The largest absolute Gasteiger partial charge is 0.356 e. The van der Waals surface area contributed by atoms with Crippen LogP contribution in [-0.2, 0) is 4.79 Å². The van der Waals surface area contributed by atoms with Gasteiger partial charge in [-0.05, 0) is 31.1 Å². The molecule has 0 aromatic rings.